The Hall–Kier alpha value is -0.560. The van der Waals surface area contributed by atoms with Gasteiger partial charge in [0.25, 0.3) is 0 Å². The van der Waals surface area contributed by atoms with Gasteiger partial charge in [0, 0.05) is 0 Å². The molecule has 0 atom stereocenters. The van der Waals surface area contributed by atoms with Crippen LogP contribution in [-0.4, -0.2) is 13.2 Å². The molecule has 88 valence electrons. The smallest absolute Gasteiger partial charge is 0.0651 e. The summed E-state index contributed by atoms with van der Waals surface area (Å²) >= 11 is 0. The predicted molar refractivity (Wildman–Crippen MR) is 68.0 cm³/mol. The molecule has 0 bridgehead atoms. The van der Waals surface area contributed by atoms with Crippen LogP contribution in [0.25, 0.3) is 0 Å². The summed E-state index contributed by atoms with van der Waals surface area (Å²) in [6, 6.07) is 0. The van der Waals surface area contributed by atoms with Crippen molar-refractivity contribution >= 4 is 0 Å². The first-order valence-electron chi connectivity index (χ1n) is 6.00. The first-order valence-corrected chi connectivity index (χ1v) is 6.00. The number of allylic oxidation sites excluding steroid dienone is 2. The van der Waals surface area contributed by atoms with Gasteiger partial charge in [0.1, 0.15) is 0 Å². The molecule has 0 aliphatic rings. The molecule has 0 unspecified atom stereocenters. The van der Waals surface area contributed by atoms with Crippen molar-refractivity contribution in [3.63, 3.8) is 0 Å². The summed E-state index contributed by atoms with van der Waals surface area (Å²) in [5, 5.41) is 0. The molecule has 1 heteroatoms. The van der Waals surface area contributed by atoms with E-state index >= 15 is 0 Å². The van der Waals surface area contributed by atoms with Crippen molar-refractivity contribution in [1.82, 2.24) is 0 Å². The highest BCUT2D eigenvalue weighted by atomic mass is 16.5. The van der Waals surface area contributed by atoms with Crippen molar-refractivity contribution in [2.24, 2.45) is 11.8 Å². The van der Waals surface area contributed by atoms with Crippen molar-refractivity contribution in [3.05, 3.63) is 24.3 Å². The van der Waals surface area contributed by atoms with Gasteiger partial charge in [-0.2, -0.15) is 0 Å². The monoisotopic (exact) mass is 210 g/mol. The topological polar surface area (TPSA) is 9.23 Å². The Kier molecular flexibility index (Phi) is 9.60. The third-order valence-corrected chi connectivity index (χ3v) is 1.98. The molecule has 0 fully saturated rings. The fourth-order valence-corrected chi connectivity index (χ4v) is 1.08. The van der Waals surface area contributed by atoms with E-state index in [9.17, 15) is 0 Å². The minimum Gasteiger partial charge on any atom is -0.373 e. The van der Waals surface area contributed by atoms with Gasteiger partial charge in [-0.1, -0.05) is 52.0 Å². The maximum atomic E-state index is 5.42. The van der Waals surface area contributed by atoms with Crippen LogP contribution < -0.4 is 0 Å². The van der Waals surface area contributed by atoms with Gasteiger partial charge in [0.05, 0.1) is 13.2 Å². The van der Waals surface area contributed by atoms with Crippen molar-refractivity contribution in [2.45, 2.75) is 40.5 Å². The molecule has 0 N–H and O–H groups in total. The summed E-state index contributed by atoms with van der Waals surface area (Å²) in [5.41, 5.74) is 0. The lowest BCUT2D eigenvalue weighted by Crippen LogP contribution is -1.91. The number of hydrogen-bond acceptors (Lipinski definition) is 1. The Morgan fingerprint density at radius 2 is 1.13 bits per heavy atom. The highest BCUT2D eigenvalue weighted by Gasteiger charge is 1.87. The molecule has 0 aromatic heterocycles. The molecular formula is C14H26O. The zero-order valence-corrected chi connectivity index (χ0v) is 10.7. The maximum Gasteiger partial charge on any atom is 0.0651 e. The molecule has 0 rings (SSSR count). The fraction of sp³-hybridized carbons (Fsp3) is 0.714. The van der Waals surface area contributed by atoms with Crippen LogP contribution in [-0.2, 0) is 4.74 Å². The quantitative estimate of drug-likeness (QED) is 0.431. The predicted octanol–water partition coefficient (Wildman–Crippen LogP) is 4.21. The molecule has 0 aliphatic carbocycles. The van der Waals surface area contributed by atoms with Crippen LogP contribution >= 0.6 is 0 Å². The molecule has 15 heavy (non-hydrogen) atoms. The average molecular weight is 210 g/mol. The van der Waals surface area contributed by atoms with E-state index in [1.807, 2.05) is 0 Å². The standard InChI is InChI=1S/C14H26O/c1-13(2)9-5-7-11-15-12-8-6-10-14(3)4/h5-8,13-14H,9-12H2,1-4H3. The second-order valence-corrected chi connectivity index (χ2v) is 4.74. The fourth-order valence-electron chi connectivity index (χ4n) is 1.08. The summed E-state index contributed by atoms with van der Waals surface area (Å²) in [4.78, 5) is 0. The van der Waals surface area contributed by atoms with Gasteiger partial charge >= 0.3 is 0 Å². The lowest BCUT2D eigenvalue weighted by atomic mass is 10.1. The summed E-state index contributed by atoms with van der Waals surface area (Å²) < 4.78 is 5.42. The van der Waals surface area contributed by atoms with E-state index in [1.54, 1.807) is 0 Å². The van der Waals surface area contributed by atoms with Crippen molar-refractivity contribution in [2.75, 3.05) is 13.2 Å². The third-order valence-electron chi connectivity index (χ3n) is 1.98. The van der Waals surface area contributed by atoms with Gasteiger partial charge in [0.15, 0.2) is 0 Å². The molecular weight excluding hydrogens is 184 g/mol. The minimum absolute atomic E-state index is 0.735. The lowest BCUT2D eigenvalue weighted by Gasteiger charge is -1.99. The van der Waals surface area contributed by atoms with E-state index in [1.165, 1.54) is 0 Å². The van der Waals surface area contributed by atoms with E-state index in [0.717, 1.165) is 37.9 Å². The molecule has 0 aliphatic heterocycles. The number of rotatable bonds is 8. The normalized spacial score (nSPS) is 12.7. The molecule has 0 spiro atoms. The molecule has 0 saturated heterocycles. The van der Waals surface area contributed by atoms with Gasteiger partial charge in [-0.05, 0) is 24.7 Å². The molecule has 0 amide bonds. The van der Waals surface area contributed by atoms with Crippen LogP contribution in [0.15, 0.2) is 24.3 Å². The van der Waals surface area contributed by atoms with Gasteiger partial charge in [0.2, 0.25) is 0 Å². The maximum absolute atomic E-state index is 5.42. The van der Waals surface area contributed by atoms with Crippen LogP contribution in [0.1, 0.15) is 40.5 Å². The Labute approximate surface area is 95.2 Å². The SMILES string of the molecule is CC(C)CC=CCOCC=CCC(C)C. The van der Waals surface area contributed by atoms with E-state index < -0.39 is 0 Å². The van der Waals surface area contributed by atoms with Crippen LogP contribution in [0.2, 0.25) is 0 Å². The van der Waals surface area contributed by atoms with E-state index in [0.29, 0.717) is 0 Å². The summed E-state index contributed by atoms with van der Waals surface area (Å²) in [7, 11) is 0. The number of ether oxygens (including phenoxy) is 1. The van der Waals surface area contributed by atoms with Crippen LogP contribution in [0.4, 0.5) is 0 Å². The minimum atomic E-state index is 0.735. The summed E-state index contributed by atoms with van der Waals surface area (Å²) in [5.74, 6) is 1.49. The molecule has 0 heterocycles. The van der Waals surface area contributed by atoms with E-state index in [2.05, 4.69) is 52.0 Å². The first-order chi connectivity index (χ1) is 7.13. The van der Waals surface area contributed by atoms with Gasteiger partial charge in [-0.3, -0.25) is 0 Å². The van der Waals surface area contributed by atoms with E-state index in [4.69, 9.17) is 4.74 Å². The zero-order chi connectivity index (χ0) is 11.5. The lowest BCUT2D eigenvalue weighted by molar-refractivity contribution is 0.193. The molecule has 0 aromatic rings. The van der Waals surface area contributed by atoms with Crippen LogP contribution in [0.3, 0.4) is 0 Å². The second kappa shape index (κ2) is 9.97. The first kappa shape index (κ1) is 14.4. The molecule has 0 aromatic carbocycles. The second-order valence-electron chi connectivity index (χ2n) is 4.74. The molecule has 1 nitrogen and oxygen atoms in total. The Bertz CT molecular complexity index is 158. The number of hydrogen-bond donors (Lipinski definition) is 0. The van der Waals surface area contributed by atoms with Crippen LogP contribution in [0.5, 0.6) is 0 Å². The van der Waals surface area contributed by atoms with Gasteiger partial charge in [-0.25, -0.2) is 0 Å². The summed E-state index contributed by atoms with van der Waals surface area (Å²) in [6.45, 7) is 10.4. The zero-order valence-electron chi connectivity index (χ0n) is 10.7. The Morgan fingerprint density at radius 1 is 0.733 bits per heavy atom. The molecule has 0 saturated carbocycles. The van der Waals surface area contributed by atoms with Gasteiger partial charge in [-0.15, -0.1) is 0 Å². The highest BCUT2D eigenvalue weighted by Crippen LogP contribution is 2.00. The van der Waals surface area contributed by atoms with Gasteiger partial charge < -0.3 is 4.74 Å². The highest BCUT2D eigenvalue weighted by molar-refractivity contribution is 4.85. The Balaban J connectivity index is 3.24. The van der Waals surface area contributed by atoms with Crippen molar-refractivity contribution in [3.8, 4) is 0 Å². The summed E-state index contributed by atoms with van der Waals surface area (Å²) in [6.07, 6.45) is 10.9. The average Bonchev–Trinajstić information content (AvgIpc) is 2.14. The largest absolute Gasteiger partial charge is 0.373 e. The van der Waals surface area contributed by atoms with Crippen LogP contribution in [0, 0.1) is 11.8 Å². The van der Waals surface area contributed by atoms with Crippen molar-refractivity contribution in [1.29, 1.82) is 0 Å². The van der Waals surface area contributed by atoms with Crippen molar-refractivity contribution < 1.29 is 4.74 Å². The molecule has 0 radical (unpaired) electrons. The van der Waals surface area contributed by atoms with E-state index in [-0.39, 0.29) is 0 Å². The Morgan fingerprint density at radius 3 is 1.47 bits per heavy atom. The third kappa shape index (κ3) is 13.4.